The molecule has 5 nitrogen and oxygen atoms in total. The van der Waals surface area contributed by atoms with E-state index in [2.05, 4.69) is 22.4 Å². The summed E-state index contributed by atoms with van der Waals surface area (Å²) in [4.78, 5) is 14.3. The Bertz CT molecular complexity index is 716. The van der Waals surface area contributed by atoms with Crippen molar-refractivity contribution in [3.05, 3.63) is 41.9 Å². The van der Waals surface area contributed by atoms with Crippen molar-refractivity contribution < 1.29 is 13.7 Å². The molecule has 1 aromatic heterocycles. The van der Waals surface area contributed by atoms with E-state index in [-0.39, 0.29) is 18.3 Å². The van der Waals surface area contributed by atoms with Gasteiger partial charge in [-0.25, -0.2) is 4.39 Å². The molecule has 25 heavy (non-hydrogen) atoms. The molecule has 1 N–H and O–H groups in total. The van der Waals surface area contributed by atoms with Gasteiger partial charge in [-0.05, 0) is 50.9 Å². The van der Waals surface area contributed by atoms with E-state index in [9.17, 15) is 9.18 Å². The van der Waals surface area contributed by atoms with E-state index in [0.29, 0.717) is 29.4 Å². The lowest BCUT2D eigenvalue weighted by molar-refractivity contribution is -0.121. The normalized spacial score (nSPS) is 18.2. The Morgan fingerprint density at radius 1 is 1.44 bits per heavy atom. The zero-order valence-corrected chi connectivity index (χ0v) is 14.5. The Hall–Kier alpha value is -2.21. The average Bonchev–Trinajstić information content (AvgIpc) is 3.07. The summed E-state index contributed by atoms with van der Waals surface area (Å²) >= 11 is 0. The molecule has 1 amide bonds. The first kappa shape index (κ1) is 17.6. The van der Waals surface area contributed by atoms with Crippen LogP contribution in [0.3, 0.4) is 0 Å². The fourth-order valence-electron chi connectivity index (χ4n) is 3.31. The van der Waals surface area contributed by atoms with Gasteiger partial charge < -0.3 is 14.7 Å². The number of aromatic nitrogens is 1. The molecule has 2 aromatic rings. The number of nitrogens with one attached hydrogen (secondary N) is 1. The van der Waals surface area contributed by atoms with E-state index < -0.39 is 0 Å². The van der Waals surface area contributed by atoms with E-state index in [4.69, 9.17) is 4.52 Å². The van der Waals surface area contributed by atoms with Crippen LogP contribution in [0.2, 0.25) is 0 Å². The van der Waals surface area contributed by atoms with Gasteiger partial charge in [0.05, 0.1) is 6.54 Å². The highest BCUT2D eigenvalue weighted by molar-refractivity contribution is 5.75. The molecule has 134 valence electrons. The second-order valence-corrected chi connectivity index (χ2v) is 6.74. The van der Waals surface area contributed by atoms with Crippen LogP contribution in [0.4, 0.5) is 4.39 Å². The van der Waals surface area contributed by atoms with Crippen LogP contribution >= 0.6 is 0 Å². The molecule has 1 aromatic carbocycles. The summed E-state index contributed by atoms with van der Waals surface area (Å²) in [5, 5.41) is 6.73. The lowest BCUT2D eigenvalue weighted by atomic mass is 9.93. The third-order valence-electron chi connectivity index (χ3n) is 4.67. The quantitative estimate of drug-likeness (QED) is 0.873. The van der Waals surface area contributed by atoms with Crippen LogP contribution in [0.15, 0.2) is 34.9 Å². The van der Waals surface area contributed by atoms with E-state index in [1.807, 2.05) is 0 Å². The van der Waals surface area contributed by atoms with Crippen LogP contribution in [0.1, 0.15) is 31.4 Å². The monoisotopic (exact) mass is 345 g/mol. The Morgan fingerprint density at radius 3 is 3.08 bits per heavy atom. The number of carbonyl (C=O) groups is 1. The van der Waals surface area contributed by atoms with Gasteiger partial charge in [-0.2, -0.15) is 0 Å². The number of nitrogens with zero attached hydrogens (tertiary/aromatic N) is 2. The number of rotatable bonds is 6. The third kappa shape index (κ3) is 4.89. The number of hydrogen-bond donors (Lipinski definition) is 1. The lowest BCUT2D eigenvalue weighted by Crippen LogP contribution is -2.33. The van der Waals surface area contributed by atoms with E-state index in [1.54, 1.807) is 24.3 Å². The van der Waals surface area contributed by atoms with E-state index in [1.165, 1.54) is 18.9 Å². The van der Waals surface area contributed by atoms with Crippen LogP contribution in [0, 0.1) is 11.7 Å². The van der Waals surface area contributed by atoms with Crippen molar-refractivity contribution >= 4 is 5.91 Å². The SMILES string of the molecule is CN1CCC[C@H](CCC(=O)NCc2cc(-c3ccccc3F)no2)C1. The number of amides is 1. The molecule has 0 unspecified atom stereocenters. The molecule has 0 saturated carbocycles. The molecule has 2 heterocycles. The average molecular weight is 345 g/mol. The van der Waals surface area contributed by atoms with Gasteiger partial charge in [-0.15, -0.1) is 0 Å². The number of carbonyl (C=O) groups excluding carboxylic acids is 1. The van der Waals surface area contributed by atoms with Crippen LogP contribution < -0.4 is 5.32 Å². The second kappa shape index (κ2) is 8.25. The van der Waals surface area contributed by atoms with Gasteiger partial charge in [0.1, 0.15) is 11.5 Å². The maximum absolute atomic E-state index is 13.7. The van der Waals surface area contributed by atoms with Crippen LogP contribution in [-0.4, -0.2) is 36.1 Å². The minimum Gasteiger partial charge on any atom is -0.359 e. The van der Waals surface area contributed by atoms with Gasteiger partial charge in [0.15, 0.2) is 5.76 Å². The molecular weight excluding hydrogens is 321 g/mol. The topological polar surface area (TPSA) is 58.4 Å². The molecule has 0 radical (unpaired) electrons. The van der Waals surface area contributed by atoms with Gasteiger partial charge in [-0.3, -0.25) is 4.79 Å². The Morgan fingerprint density at radius 2 is 2.28 bits per heavy atom. The first-order chi connectivity index (χ1) is 12.1. The number of hydrogen-bond acceptors (Lipinski definition) is 4. The highest BCUT2D eigenvalue weighted by Crippen LogP contribution is 2.22. The maximum Gasteiger partial charge on any atom is 0.220 e. The minimum absolute atomic E-state index is 0.0112. The molecule has 0 aliphatic carbocycles. The standard InChI is InChI=1S/C19H24FN3O2/c1-23-10-4-5-14(13-23)8-9-19(24)21-12-15-11-18(22-25-15)16-6-2-3-7-17(16)20/h2-3,6-7,11,14H,4-5,8-10,12-13H2,1H3,(H,21,24)/t14-/m1/s1. The summed E-state index contributed by atoms with van der Waals surface area (Å²) in [6.07, 6.45) is 3.84. The lowest BCUT2D eigenvalue weighted by Gasteiger charge is -2.29. The van der Waals surface area contributed by atoms with Gasteiger partial charge >= 0.3 is 0 Å². The molecule has 6 heteroatoms. The van der Waals surface area contributed by atoms with Crippen molar-refractivity contribution in [3.8, 4) is 11.3 Å². The van der Waals surface area contributed by atoms with Gasteiger partial charge in [0.25, 0.3) is 0 Å². The predicted octanol–water partition coefficient (Wildman–Crippen LogP) is 3.22. The van der Waals surface area contributed by atoms with Crippen molar-refractivity contribution in [2.24, 2.45) is 5.92 Å². The highest BCUT2D eigenvalue weighted by atomic mass is 19.1. The van der Waals surface area contributed by atoms with Gasteiger partial charge in [0.2, 0.25) is 5.91 Å². The smallest absolute Gasteiger partial charge is 0.220 e. The first-order valence-corrected chi connectivity index (χ1v) is 8.77. The molecule has 1 aliphatic rings. The molecule has 0 spiro atoms. The molecule has 0 bridgehead atoms. The Kier molecular flexibility index (Phi) is 5.81. The van der Waals surface area contributed by atoms with Crippen molar-refractivity contribution in [3.63, 3.8) is 0 Å². The molecule has 1 aliphatic heterocycles. The third-order valence-corrected chi connectivity index (χ3v) is 4.67. The zero-order chi connectivity index (χ0) is 17.6. The maximum atomic E-state index is 13.7. The Labute approximate surface area is 147 Å². The highest BCUT2D eigenvalue weighted by Gasteiger charge is 2.18. The molecule has 1 atom stereocenters. The fourth-order valence-corrected chi connectivity index (χ4v) is 3.31. The molecule has 1 saturated heterocycles. The van der Waals surface area contributed by atoms with E-state index >= 15 is 0 Å². The van der Waals surface area contributed by atoms with Crippen molar-refractivity contribution in [1.82, 2.24) is 15.4 Å². The van der Waals surface area contributed by atoms with Crippen molar-refractivity contribution in [2.45, 2.75) is 32.2 Å². The second-order valence-electron chi connectivity index (χ2n) is 6.74. The molecular formula is C19H24FN3O2. The summed E-state index contributed by atoms with van der Waals surface area (Å²) in [5.41, 5.74) is 0.831. The van der Waals surface area contributed by atoms with Crippen molar-refractivity contribution in [1.29, 1.82) is 0 Å². The van der Waals surface area contributed by atoms with Crippen LogP contribution in [0.5, 0.6) is 0 Å². The Balaban J connectivity index is 1.46. The zero-order valence-electron chi connectivity index (χ0n) is 14.5. The number of likely N-dealkylation sites (tertiary alicyclic amines) is 1. The summed E-state index contributed by atoms with van der Waals surface area (Å²) in [7, 11) is 2.13. The number of halogens is 1. The van der Waals surface area contributed by atoms with Crippen LogP contribution in [-0.2, 0) is 11.3 Å². The number of benzene rings is 1. The summed E-state index contributed by atoms with van der Waals surface area (Å²) < 4.78 is 18.9. The first-order valence-electron chi connectivity index (χ1n) is 8.77. The van der Waals surface area contributed by atoms with Crippen LogP contribution in [0.25, 0.3) is 11.3 Å². The fraction of sp³-hybridized carbons (Fsp3) is 0.474. The van der Waals surface area contributed by atoms with Gasteiger partial charge in [-0.1, -0.05) is 17.3 Å². The number of piperidine rings is 1. The van der Waals surface area contributed by atoms with Gasteiger partial charge in [0, 0.05) is 24.6 Å². The van der Waals surface area contributed by atoms with Crippen molar-refractivity contribution in [2.75, 3.05) is 20.1 Å². The predicted molar refractivity (Wildman–Crippen MR) is 93.2 cm³/mol. The van der Waals surface area contributed by atoms with E-state index in [0.717, 1.165) is 19.5 Å². The summed E-state index contributed by atoms with van der Waals surface area (Å²) in [6, 6.07) is 8.07. The summed E-state index contributed by atoms with van der Waals surface area (Å²) in [6.45, 7) is 2.49. The summed E-state index contributed by atoms with van der Waals surface area (Å²) in [5.74, 6) is 0.785. The molecule has 1 fully saturated rings. The largest absolute Gasteiger partial charge is 0.359 e. The minimum atomic E-state index is -0.344. The molecule has 3 rings (SSSR count).